The van der Waals surface area contributed by atoms with Crippen LogP contribution >= 0.6 is 0 Å². The highest BCUT2D eigenvalue weighted by molar-refractivity contribution is 7.91. The fourth-order valence-corrected chi connectivity index (χ4v) is 4.77. The lowest BCUT2D eigenvalue weighted by Gasteiger charge is -2.13. The molecule has 2 aromatic carbocycles. The molecule has 0 saturated heterocycles. The van der Waals surface area contributed by atoms with Crippen LogP contribution in [0.15, 0.2) is 83.0 Å². The Morgan fingerprint density at radius 3 is 2.67 bits per heavy atom. The lowest BCUT2D eigenvalue weighted by Crippen LogP contribution is -2.23. The highest BCUT2D eigenvalue weighted by Crippen LogP contribution is 2.32. The Morgan fingerprint density at radius 2 is 1.91 bits per heavy atom. The summed E-state index contributed by atoms with van der Waals surface area (Å²) in [6, 6.07) is 13.3. The summed E-state index contributed by atoms with van der Waals surface area (Å²) in [6.07, 6.45) is 5.74. The number of pyridine rings is 1. The third-order valence-electron chi connectivity index (χ3n) is 5.00. The van der Waals surface area contributed by atoms with Gasteiger partial charge in [-0.2, -0.15) is 0 Å². The van der Waals surface area contributed by atoms with Crippen molar-refractivity contribution in [1.29, 1.82) is 0 Å². The van der Waals surface area contributed by atoms with E-state index >= 15 is 0 Å². The molecular formula is C24H22FN3O4S. The van der Waals surface area contributed by atoms with Gasteiger partial charge in [0.1, 0.15) is 22.1 Å². The molecule has 0 atom stereocenters. The number of benzene rings is 2. The molecule has 7 nitrogen and oxygen atoms in total. The summed E-state index contributed by atoms with van der Waals surface area (Å²) >= 11 is 0. The van der Waals surface area contributed by atoms with Gasteiger partial charge >= 0.3 is 0 Å². The van der Waals surface area contributed by atoms with Gasteiger partial charge < -0.3 is 14.5 Å². The number of ether oxygens (including phenoxy) is 1. The van der Waals surface area contributed by atoms with Crippen molar-refractivity contribution >= 4 is 21.4 Å². The van der Waals surface area contributed by atoms with Crippen molar-refractivity contribution < 1.29 is 22.3 Å². The molecule has 0 spiro atoms. The fourth-order valence-electron chi connectivity index (χ4n) is 3.32. The minimum absolute atomic E-state index is 0.0111. The predicted octanol–water partition coefficient (Wildman–Crippen LogP) is 4.03. The van der Waals surface area contributed by atoms with E-state index in [9.17, 15) is 17.6 Å². The Hall–Kier alpha value is -3.72. The number of aromatic nitrogens is 2. The zero-order valence-electron chi connectivity index (χ0n) is 17.9. The molecule has 170 valence electrons. The largest absolute Gasteiger partial charge is 0.492 e. The number of halogens is 1. The number of sulfone groups is 1. The Bertz CT molecular complexity index is 1400. The monoisotopic (exact) mass is 467 g/mol. The number of carbonyl (C=O) groups is 1. The molecule has 2 heterocycles. The number of imidazole rings is 1. The second-order valence-corrected chi connectivity index (χ2v) is 9.24. The summed E-state index contributed by atoms with van der Waals surface area (Å²) < 4.78 is 47.9. The van der Waals surface area contributed by atoms with Gasteiger partial charge in [-0.1, -0.05) is 25.1 Å². The lowest BCUT2D eigenvalue weighted by atomic mass is 10.2. The average Bonchev–Trinajstić information content (AvgIpc) is 3.29. The topological polar surface area (TPSA) is 89.8 Å². The zero-order valence-corrected chi connectivity index (χ0v) is 18.7. The van der Waals surface area contributed by atoms with Gasteiger partial charge in [-0.15, -0.1) is 0 Å². The van der Waals surface area contributed by atoms with Crippen molar-refractivity contribution in [3.05, 3.63) is 90.1 Å². The van der Waals surface area contributed by atoms with E-state index in [1.54, 1.807) is 47.3 Å². The quantitative estimate of drug-likeness (QED) is 0.423. The van der Waals surface area contributed by atoms with E-state index in [2.05, 4.69) is 10.3 Å². The van der Waals surface area contributed by atoms with Gasteiger partial charge in [0.05, 0.1) is 17.1 Å². The first-order valence-electron chi connectivity index (χ1n) is 10.4. The van der Waals surface area contributed by atoms with Crippen LogP contribution in [0.3, 0.4) is 0 Å². The molecule has 0 bridgehead atoms. The maximum atomic E-state index is 14.5. The molecule has 0 fully saturated rings. The van der Waals surface area contributed by atoms with Gasteiger partial charge in [0.2, 0.25) is 9.84 Å². The maximum absolute atomic E-state index is 14.5. The molecule has 4 rings (SSSR count). The van der Waals surface area contributed by atoms with E-state index < -0.39 is 20.5 Å². The molecule has 4 aromatic rings. The summed E-state index contributed by atoms with van der Waals surface area (Å²) in [5.41, 5.74) is 1.90. The van der Waals surface area contributed by atoms with Gasteiger partial charge in [-0.3, -0.25) is 4.79 Å². The summed E-state index contributed by atoms with van der Waals surface area (Å²) in [5.74, 6) is -1.15. The minimum atomic E-state index is -4.13. The Kier molecular flexibility index (Phi) is 6.41. The SMILES string of the molecule is CCCOc1cccc(F)c1S(=O)(=O)c1ccc(CNC(=O)c2ccc3nccn3c2)cc1. The first-order valence-corrected chi connectivity index (χ1v) is 11.8. The van der Waals surface area contributed by atoms with Crippen molar-refractivity contribution in [3.63, 3.8) is 0 Å². The van der Waals surface area contributed by atoms with Gasteiger partial charge in [0.15, 0.2) is 0 Å². The van der Waals surface area contributed by atoms with Crippen LogP contribution in [0.4, 0.5) is 4.39 Å². The predicted molar refractivity (Wildman–Crippen MR) is 120 cm³/mol. The van der Waals surface area contributed by atoms with Crippen molar-refractivity contribution in [2.45, 2.75) is 29.7 Å². The molecule has 1 amide bonds. The van der Waals surface area contributed by atoms with Gasteiger partial charge in [-0.05, 0) is 48.4 Å². The molecule has 1 N–H and O–H groups in total. The second kappa shape index (κ2) is 9.41. The van der Waals surface area contributed by atoms with Crippen LogP contribution in [0, 0.1) is 5.82 Å². The molecule has 0 aliphatic rings. The average molecular weight is 468 g/mol. The summed E-state index contributed by atoms with van der Waals surface area (Å²) in [5, 5.41) is 2.80. The standard InChI is InChI=1S/C24H22FN3O4S/c1-2-14-32-21-5-3-4-20(25)23(21)33(30,31)19-9-6-17(7-10-19)15-27-24(29)18-8-11-22-26-12-13-28(22)16-18/h3-13,16H,2,14-15H2,1H3,(H,27,29). The van der Waals surface area contributed by atoms with E-state index in [4.69, 9.17) is 4.74 Å². The summed E-state index contributed by atoms with van der Waals surface area (Å²) in [4.78, 5) is 16.1. The number of amides is 1. The lowest BCUT2D eigenvalue weighted by molar-refractivity contribution is 0.0950. The number of hydrogen-bond acceptors (Lipinski definition) is 5. The van der Waals surface area contributed by atoms with E-state index in [0.717, 1.165) is 11.7 Å². The normalized spacial score (nSPS) is 11.5. The smallest absolute Gasteiger partial charge is 0.253 e. The van der Waals surface area contributed by atoms with Crippen LogP contribution in [0.2, 0.25) is 0 Å². The third-order valence-corrected chi connectivity index (χ3v) is 6.83. The minimum Gasteiger partial charge on any atom is -0.492 e. The third kappa shape index (κ3) is 4.73. The molecule has 0 radical (unpaired) electrons. The van der Waals surface area contributed by atoms with Crippen LogP contribution in [-0.2, 0) is 16.4 Å². The van der Waals surface area contributed by atoms with E-state index in [-0.39, 0.29) is 29.7 Å². The molecule has 9 heteroatoms. The van der Waals surface area contributed by atoms with Crippen molar-refractivity contribution in [2.24, 2.45) is 0 Å². The fraction of sp³-hybridized carbons (Fsp3) is 0.167. The Balaban J connectivity index is 1.49. The molecule has 0 aliphatic heterocycles. The van der Waals surface area contributed by atoms with Gasteiger partial charge in [-0.25, -0.2) is 17.8 Å². The van der Waals surface area contributed by atoms with Gasteiger partial charge in [0.25, 0.3) is 5.91 Å². The number of fused-ring (bicyclic) bond motifs is 1. The summed E-state index contributed by atoms with van der Waals surface area (Å²) in [6.45, 7) is 2.35. The van der Waals surface area contributed by atoms with Crippen LogP contribution in [-0.4, -0.2) is 30.3 Å². The molecular weight excluding hydrogens is 445 g/mol. The van der Waals surface area contributed by atoms with E-state index in [1.165, 1.54) is 24.3 Å². The number of nitrogens with zero attached hydrogens (tertiary/aromatic N) is 2. The molecule has 33 heavy (non-hydrogen) atoms. The van der Waals surface area contributed by atoms with Crippen LogP contribution in [0.5, 0.6) is 5.75 Å². The molecule has 0 unspecified atom stereocenters. The number of rotatable bonds is 8. The number of nitrogens with one attached hydrogen (secondary N) is 1. The summed E-state index contributed by atoms with van der Waals surface area (Å²) in [7, 11) is -4.13. The second-order valence-electron chi connectivity index (χ2n) is 7.36. The van der Waals surface area contributed by atoms with E-state index in [0.29, 0.717) is 17.5 Å². The molecule has 0 saturated carbocycles. The van der Waals surface area contributed by atoms with Crippen molar-refractivity contribution in [1.82, 2.24) is 14.7 Å². The molecule has 2 aromatic heterocycles. The number of hydrogen-bond donors (Lipinski definition) is 1. The Labute approximate surface area is 190 Å². The van der Waals surface area contributed by atoms with E-state index in [1.807, 2.05) is 6.92 Å². The maximum Gasteiger partial charge on any atom is 0.253 e. The van der Waals surface area contributed by atoms with Gasteiger partial charge in [0, 0.05) is 25.1 Å². The Morgan fingerprint density at radius 1 is 1.12 bits per heavy atom. The van der Waals surface area contributed by atoms with Crippen molar-refractivity contribution in [2.75, 3.05) is 6.61 Å². The molecule has 0 aliphatic carbocycles. The van der Waals surface area contributed by atoms with Crippen LogP contribution in [0.1, 0.15) is 29.3 Å². The van der Waals surface area contributed by atoms with Crippen molar-refractivity contribution in [3.8, 4) is 5.75 Å². The highest BCUT2D eigenvalue weighted by Gasteiger charge is 2.26. The van der Waals surface area contributed by atoms with Crippen LogP contribution in [0.25, 0.3) is 5.65 Å². The first-order chi connectivity index (χ1) is 15.9. The van der Waals surface area contributed by atoms with Crippen LogP contribution < -0.4 is 10.1 Å². The zero-order chi connectivity index (χ0) is 23.4. The first kappa shape index (κ1) is 22.5. The highest BCUT2D eigenvalue weighted by atomic mass is 32.2. The number of carbonyl (C=O) groups excluding carboxylic acids is 1.